The fraction of sp³-hybridized carbons (Fsp3) is 0.462. The molecule has 1 aromatic heterocycles. The van der Waals surface area contributed by atoms with Crippen LogP contribution in [0.15, 0.2) is 36.5 Å². The molecule has 3 aliphatic rings. The highest BCUT2D eigenvalue weighted by Gasteiger charge is 2.55. The Kier molecular flexibility index (Phi) is 5.36. The van der Waals surface area contributed by atoms with Crippen LogP contribution < -0.4 is 4.74 Å². The number of ether oxygens (including phenoxy) is 1. The third-order valence-corrected chi connectivity index (χ3v) is 7.13. The van der Waals surface area contributed by atoms with Crippen LogP contribution in [0, 0.1) is 22.7 Å². The predicted octanol–water partition coefficient (Wildman–Crippen LogP) is 4.08. The second kappa shape index (κ2) is 8.02. The normalized spacial score (nSPS) is 20.6. The van der Waals surface area contributed by atoms with Crippen molar-refractivity contribution in [2.45, 2.75) is 44.9 Å². The first kappa shape index (κ1) is 22.7. The van der Waals surface area contributed by atoms with Crippen molar-refractivity contribution in [3.8, 4) is 17.7 Å². The minimum absolute atomic E-state index is 0.0938. The smallest absolute Gasteiger partial charge is 0.425 e. The van der Waals surface area contributed by atoms with E-state index in [0.717, 1.165) is 51.3 Å². The van der Waals surface area contributed by atoms with Gasteiger partial charge in [-0.3, -0.25) is 4.79 Å². The van der Waals surface area contributed by atoms with Gasteiger partial charge in [0.15, 0.2) is 6.10 Å². The zero-order valence-electron chi connectivity index (χ0n) is 18.8. The molecule has 178 valence electrons. The first-order valence-corrected chi connectivity index (χ1v) is 11.4. The van der Waals surface area contributed by atoms with Crippen molar-refractivity contribution in [3.05, 3.63) is 58.8 Å². The van der Waals surface area contributed by atoms with Gasteiger partial charge in [-0.2, -0.15) is 13.2 Å². The van der Waals surface area contributed by atoms with E-state index < -0.39 is 23.7 Å². The molecule has 2 aromatic rings. The number of rotatable bonds is 5. The van der Waals surface area contributed by atoms with E-state index >= 15 is 0 Å². The quantitative estimate of drug-likeness (QED) is 0.668. The third kappa shape index (κ3) is 4.49. The Morgan fingerprint density at radius 3 is 2.44 bits per heavy atom. The predicted molar refractivity (Wildman–Crippen MR) is 118 cm³/mol. The fourth-order valence-electron chi connectivity index (χ4n) is 5.08. The summed E-state index contributed by atoms with van der Waals surface area (Å²) >= 11 is 0. The molecule has 5 nitrogen and oxygen atoms in total. The zero-order valence-corrected chi connectivity index (χ0v) is 18.8. The Morgan fingerprint density at radius 2 is 1.82 bits per heavy atom. The molecule has 1 spiro atoms. The summed E-state index contributed by atoms with van der Waals surface area (Å²) in [6.45, 7) is 3.47. The maximum absolute atomic E-state index is 12.6. The first-order valence-electron chi connectivity index (χ1n) is 11.4. The molecule has 1 N–H and O–H groups in total. The Labute approximate surface area is 195 Å². The molecule has 1 aliphatic heterocycles. The molecule has 2 heterocycles. The Balaban J connectivity index is 1.19. The number of alkyl halides is 3. The highest BCUT2D eigenvalue weighted by Crippen LogP contribution is 2.50. The van der Waals surface area contributed by atoms with Gasteiger partial charge in [-0.1, -0.05) is 17.9 Å². The van der Waals surface area contributed by atoms with E-state index in [2.05, 4.69) is 33.9 Å². The number of aromatic nitrogens is 1. The molecule has 1 aromatic carbocycles. The topological polar surface area (TPSA) is 62.7 Å². The molecule has 0 amide bonds. The monoisotopic (exact) mass is 470 g/mol. The van der Waals surface area contributed by atoms with Crippen LogP contribution in [-0.4, -0.2) is 52.9 Å². The summed E-state index contributed by atoms with van der Waals surface area (Å²) < 4.78 is 42.6. The number of likely N-dealkylation sites (tertiary alicyclic amines) is 1. The van der Waals surface area contributed by atoms with Crippen LogP contribution in [0.1, 0.15) is 42.0 Å². The second-order valence-corrected chi connectivity index (χ2v) is 10.0. The maximum atomic E-state index is 12.6. The van der Waals surface area contributed by atoms with E-state index in [1.807, 2.05) is 6.07 Å². The number of carboxylic acids is 1. The van der Waals surface area contributed by atoms with Gasteiger partial charge in [-0.25, -0.2) is 4.98 Å². The molecule has 0 bridgehead atoms. The van der Waals surface area contributed by atoms with Gasteiger partial charge >= 0.3 is 12.1 Å². The number of halogens is 3. The molecule has 1 saturated heterocycles. The summed E-state index contributed by atoms with van der Waals surface area (Å²) in [7, 11) is 0. The van der Waals surface area contributed by atoms with E-state index in [4.69, 9.17) is 4.74 Å². The van der Waals surface area contributed by atoms with E-state index in [9.17, 15) is 23.1 Å². The second-order valence-electron chi connectivity index (χ2n) is 10.0. The molecule has 0 radical (unpaired) electrons. The summed E-state index contributed by atoms with van der Waals surface area (Å²) in [5.74, 6) is 5.36. The highest BCUT2D eigenvalue weighted by molar-refractivity contribution is 5.78. The van der Waals surface area contributed by atoms with E-state index in [-0.39, 0.29) is 11.3 Å². The number of benzene rings is 1. The fourth-order valence-corrected chi connectivity index (χ4v) is 5.08. The molecule has 1 saturated carbocycles. The third-order valence-electron chi connectivity index (χ3n) is 7.13. The van der Waals surface area contributed by atoms with Gasteiger partial charge in [-0.15, -0.1) is 0 Å². The van der Waals surface area contributed by atoms with Crippen LogP contribution in [0.2, 0.25) is 0 Å². The van der Waals surface area contributed by atoms with Crippen molar-refractivity contribution in [2.75, 3.05) is 19.6 Å². The molecular weight excluding hydrogens is 445 g/mol. The summed E-state index contributed by atoms with van der Waals surface area (Å²) in [5.41, 5.74) is 3.77. The van der Waals surface area contributed by atoms with Gasteiger partial charge < -0.3 is 14.7 Å². The number of pyridine rings is 1. The minimum Gasteiger partial charge on any atom is -0.481 e. The van der Waals surface area contributed by atoms with Gasteiger partial charge in [0.25, 0.3) is 0 Å². The van der Waals surface area contributed by atoms with Crippen LogP contribution in [0.4, 0.5) is 13.2 Å². The lowest BCUT2D eigenvalue weighted by Crippen LogP contribution is -2.58. The van der Waals surface area contributed by atoms with Crippen LogP contribution in [0.5, 0.6) is 5.88 Å². The summed E-state index contributed by atoms with van der Waals surface area (Å²) in [6.07, 6.45) is -1.42. The van der Waals surface area contributed by atoms with Gasteiger partial charge in [0.05, 0.1) is 5.41 Å². The van der Waals surface area contributed by atoms with Crippen molar-refractivity contribution in [1.29, 1.82) is 0 Å². The van der Waals surface area contributed by atoms with Crippen molar-refractivity contribution in [1.82, 2.24) is 9.88 Å². The van der Waals surface area contributed by atoms with E-state index in [0.29, 0.717) is 12.1 Å². The van der Waals surface area contributed by atoms with Crippen LogP contribution >= 0.6 is 0 Å². The molecular formula is C26H25F3N2O3. The van der Waals surface area contributed by atoms with Crippen molar-refractivity contribution in [2.24, 2.45) is 10.8 Å². The average molecular weight is 470 g/mol. The number of hydrogen-bond acceptors (Lipinski definition) is 4. The van der Waals surface area contributed by atoms with Crippen molar-refractivity contribution in [3.63, 3.8) is 0 Å². The maximum Gasteiger partial charge on any atom is 0.425 e. The molecule has 2 aliphatic carbocycles. The Hall–Kier alpha value is -3.05. The molecule has 1 atom stereocenters. The molecule has 34 heavy (non-hydrogen) atoms. The number of nitrogens with zero attached hydrogens (tertiary/aromatic N) is 2. The summed E-state index contributed by atoms with van der Waals surface area (Å²) in [4.78, 5) is 17.7. The van der Waals surface area contributed by atoms with Crippen molar-refractivity contribution >= 4 is 5.97 Å². The number of carbonyl (C=O) groups is 1. The molecule has 8 heteroatoms. The lowest BCUT2D eigenvalue weighted by Gasteiger charge is -2.49. The highest BCUT2D eigenvalue weighted by atomic mass is 19.4. The van der Waals surface area contributed by atoms with E-state index in [1.165, 1.54) is 23.4 Å². The van der Waals surface area contributed by atoms with Crippen LogP contribution in [-0.2, 0) is 17.6 Å². The van der Waals surface area contributed by atoms with Crippen LogP contribution in [0.3, 0.4) is 0 Å². The number of carboxylic acid groups (broad SMARTS) is 1. The number of fused-ring (bicyclic) bond motifs is 1. The lowest BCUT2D eigenvalue weighted by atomic mass is 9.76. The lowest BCUT2D eigenvalue weighted by molar-refractivity contribution is -0.189. The Morgan fingerprint density at radius 1 is 1.15 bits per heavy atom. The summed E-state index contributed by atoms with van der Waals surface area (Å²) in [5, 5.41) is 9.42. The van der Waals surface area contributed by atoms with Crippen molar-refractivity contribution < 1.29 is 27.8 Å². The molecule has 2 fully saturated rings. The average Bonchev–Trinajstić information content (AvgIpc) is 3.44. The largest absolute Gasteiger partial charge is 0.481 e. The molecule has 5 rings (SSSR count). The van der Waals surface area contributed by atoms with E-state index in [1.54, 1.807) is 6.07 Å². The molecule has 1 unspecified atom stereocenters. The van der Waals surface area contributed by atoms with Gasteiger partial charge in [0.2, 0.25) is 5.88 Å². The van der Waals surface area contributed by atoms with Gasteiger partial charge in [-0.05, 0) is 61.9 Å². The van der Waals surface area contributed by atoms with Gasteiger partial charge in [0, 0.05) is 48.4 Å². The van der Waals surface area contributed by atoms with Crippen LogP contribution in [0.25, 0.3) is 0 Å². The Bertz CT molecular complexity index is 1170. The number of aliphatic carboxylic acids is 1. The SMILES string of the molecule is CC(Oc1ccc(C#Cc2ccc3c(c2)CC2(C3)CN(CC3(C(=O)O)CC3)C2)cn1)C(F)(F)F. The first-order chi connectivity index (χ1) is 16.1. The zero-order chi connectivity index (χ0) is 24.1. The number of hydrogen-bond donors (Lipinski definition) is 1. The standard InChI is InChI=1S/C26H25F3N2O3/c1-17(26(27,28)29)34-22-7-5-19(13-30-22)3-2-18-4-6-20-11-24(12-21(20)10-18)14-31(15-24)16-25(8-9-25)23(32)33/h4-7,10,13,17H,8-9,11-12,14-16H2,1H3,(H,32,33). The minimum atomic E-state index is -4.44. The van der Waals surface area contributed by atoms with Gasteiger partial charge in [0.1, 0.15) is 0 Å². The summed E-state index contributed by atoms with van der Waals surface area (Å²) in [6, 6.07) is 9.19.